The van der Waals surface area contributed by atoms with Crippen molar-refractivity contribution in [3.63, 3.8) is 0 Å². The first-order valence-corrected chi connectivity index (χ1v) is 6.90. The molecule has 0 aliphatic carbocycles. The van der Waals surface area contributed by atoms with Crippen LogP contribution in [0.5, 0.6) is 0 Å². The first-order valence-electron chi connectivity index (χ1n) is 6.90. The van der Waals surface area contributed by atoms with Crippen LogP contribution >= 0.6 is 0 Å². The van der Waals surface area contributed by atoms with Crippen LogP contribution in [0.25, 0.3) is 22.7 Å². The van der Waals surface area contributed by atoms with Crippen LogP contribution in [0.3, 0.4) is 0 Å². The van der Waals surface area contributed by atoms with E-state index in [0.29, 0.717) is 0 Å². The topological polar surface area (TPSA) is 14.2 Å². The Morgan fingerprint density at radius 2 is 1.75 bits per heavy atom. The van der Waals surface area contributed by atoms with E-state index in [2.05, 4.69) is 53.1 Å². The number of hydrogen-bond donors (Lipinski definition) is 0. The van der Waals surface area contributed by atoms with Gasteiger partial charge < -0.3 is 9.30 Å². The van der Waals surface area contributed by atoms with E-state index < -0.39 is 0 Å². The largest absolute Gasteiger partial charge is 0.490 e. The van der Waals surface area contributed by atoms with Gasteiger partial charge in [-0.1, -0.05) is 48.5 Å². The van der Waals surface area contributed by atoms with Gasteiger partial charge in [0.2, 0.25) is 0 Å². The third-order valence-corrected chi connectivity index (χ3v) is 3.73. The number of benzene rings is 2. The summed E-state index contributed by atoms with van der Waals surface area (Å²) < 4.78 is 8.22. The minimum absolute atomic E-state index is 0.727. The number of ether oxygens (including phenoxy) is 1. The molecule has 0 unspecified atom stereocenters. The van der Waals surface area contributed by atoms with Gasteiger partial charge in [-0.3, -0.25) is 0 Å². The van der Waals surface area contributed by atoms with Crippen LogP contribution in [-0.2, 0) is 11.3 Å². The number of aromatic nitrogens is 1. The molecule has 2 heterocycles. The summed E-state index contributed by atoms with van der Waals surface area (Å²) >= 11 is 0. The van der Waals surface area contributed by atoms with E-state index in [-0.39, 0.29) is 0 Å². The summed E-state index contributed by atoms with van der Waals surface area (Å²) in [7, 11) is 0. The van der Waals surface area contributed by atoms with Crippen molar-refractivity contribution < 1.29 is 4.74 Å². The summed E-state index contributed by atoms with van der Waals surface area (Å²) in [4.78, 5) is 0. The summed E-state index contributed by atoms with van der Waals surface area (Å²) in [5, 5.41) is 1.27. The van der Waals surface area contributed by atoms with Gasteiger partial charge >= 0.3 is 0 Å². The molecule has 4 rings (SSSR count). The molecule has 2 aromatic carbocycles. The van der Waals surface area contributed by atoms with Gasteiger partial charge in [0, 0.05) is 10.9 Å². The molecule has 0 radical (unpaired) electrons. The second kappa shape index (κ2) is 4.57. The fraction of sp³-hybridized carbons (Fsp3) is 0.111. The smallest absolute Gasteiger partial charge is 0.143 e. The van der Waals surface area contributed by atoms with Crippen molar-refractivity contribution in [2.24, 2.45) is 0 Å². The highest BCUT2D eigenvalue weighted by Crippen LogP contribution is 2.30. The van der Waals surface area contributed by atoms with Crippen LogP contribution in [0.1, 0.15) is 11.3 Å². The molecule has 0 N–H and O–H groups in total. The van der Waals surface area contributed by atoms with Crippen molar-refractivity contribution in [1.82, 2.24) is 4.57 Å². The third kappa shape index (κ3) is 1.81. The maximum Gasteiger partial charge on any atom is 0.143 e. The van der Waals surface area contributed by atoms with Gasteiger partial charge in [0.05, 0.1) is 12.2 Å². The van der Waals surface area contributed by atoms with E-state index in [9.17, 15) is 0 Å². The van der Waals surface area contributed by atoms with Gasteiger partial charge in [-0.25, -0.2) is 0 Å². The van der Waals surface area contributed by atoms with E-state index in [0.717, 1.165) is 18.9 Å². The maximum absolute atomic E-state index is 5.88. The lowest BCUT2D eigenvalue weighted by atomic mass is 10.1. The molecule has 1 aliphatic heterocycles. The average Bonchev–Trinajstić information content (AvgIpc) is 2.88. The number of para-hydroxylation sites is 1. The molecule has 0 saturated carbocycles. The number of hydrogen-bond acceptors (Lipinski definition) is 1. The minimum Gasteiger partial charge on any atom is -0.490 e. The molecular formula is C18H15NO. The normalized spacial score (nSPS) is 16.1. The van der Waals surface area contributed by atoms with Gasteiger partial charge in [-0.2, -0.15) is 0 Å². The van der Waals surface area contributed by atoms with Crippen LogP contribution in [0.4, 0.5) is 0 Å². The first-order chi connectivity index (χ1) is 9.92. The Morgan fingerprint density at radius 1 is 0.950 bits per heavy atom. The number of rotatable bonds is 1. The van der Waals surface area contributed by atoms with Crippen molar-refractivity contribution in [3.8, 4) is 0 Å². The van der Waals surface area contributed by atoms with Gasteiger partial charge in [0.25, 0.3) is 0 Å². The van der Waals surface area contributed by atoms with E-state index in [1.165, 1.54) is 22.2 Å². The lowest BCUT2D eigenvalue weighted by Gasteiger charge is -2.20. The maximum atomic E-state index is 5.88. The molecule has 0 fully saturated rings. The predicted octanol–water partition coefficient (Wildman–Crippen LogP) is 4.17. The first kappa shape index (κ1) is 11.4. The van der Waals surface area contributed by atoms with Crippen molar-refractivity contribution in [2.45, 2.75) is 6.54 Å². The van der Waals surface area contributed by atoms with E-state index in [4.69, 9.17) is 4.74 Å². The molecule has 0 saturated heterocycles. The van der Waals surface area contributed by atoms with Crippen LogP contribution < -0.4 is 0 Å². The van der Waals surface area contributed by atoms with E-state index in [1.807, 2.05) is 18.2 Å². The Balaban J connectivity index is 1.88. The highest BCUT2D eigenvalue weighted by atomic mass is 16.5. The molecule has 2 heteroatoms. The van der Waals surface area contributed by atoms with Crippen LogP contribution in [0, 0.1) is 0 Å². The Bertz CT molecular complexity index is 784. The highest BCUT2D eigenvalue weighted by Gasteiger charge is 2.17. The quantitative estimate of drug-likeness (QED) is 0.641. The molecule has 20 heavy (non-hydrogen) atoms. The monoisotopic (exact) mass is 261 g/mol. The third-order valence-electron chi connectivity index (χ3n) is 3.73. The van der Waals surface area contributed by atoms with Gasteiger partial charge in [-0.15, -0.1) is 0 Å². The Labute approximate surface area is 117 Å². The molecule has 1 aromatic heterocycles. The lowest BCUT2D eigenvalue weighted by molar-refractivity contribution is 0.241. The molecule has 0 bridgehead atoms. The lowest BCUT2D eigenvalue weighted by Crippen LogP contribution is -2.14. The molecule has 98 valence electrons. The molecule has 0 atom stereocenters. The van der Waals surface area contributed by atoms with Crippen LogP contribution in [0.2, 0.25) is 0 Å². The van der Waals surface area contributed by atoms with Crippen molar-refractivity contribution in [3.05, 3.63) is 71.9 Å². The number of nitrogens with zero attached hydrogens (tertiary/aromatic N) is 1. The summed E-state index contributed by atoms with van der Waals surface area (Å²) in [6, 6.07) is 21.0. The van der Waals surface area contributed by atoms with Gasteiger partial charge in [0.15, 0.2) is 0 Å². The fourth-order valence-electron chi connectivity index (χ4n) is 2.79. The zero-order valence-corrected chi connectivity index (χ0v) is 11.1. The molecule has 1 aliphatic rings. The summed E-state index contributed by atoms with van der Waals surface area (Å²) in [5.41, 5.74) is 3.62. The van der Waals surface area contributed by atoms with E-state index >= 15 is 0 Å². The summed E-state index contributed by atoms with van der Waals surface area (Å²) in [5.74, 6) is 0.957. The van der Waals surface area contributed by atoms with Crippen LogP contribution in [-0.4, -0.2) is 11.2 Å². The van der Waals surface area contributed by atoms with Crippen LogP contribution in [0.15, 0.2) is 60.7 Å². The van der Waals surface area contributed by atoms with Gasteiger partial charge in [0.1, 0.15) is 12.4 Å². The van der Waals surface area contributed by atoms with Crippen molar-refractivity contribution >= 4 is 22.7 Å². The zero-order valence-electron chi connectivity index (χ0n) is 11.1. The Hall–Kier alpha value is -2.48. The fourth-order valence-corrected chi connectivity index (χ4v) is 2.79. The second-order valence-corrected chi connectivity index (χ2v) is 5.01. The molecule has 0 spiro atoms. The van der Waals surface area contributed by atoms with Crippen molar-refractivity contribution in [1.29, 1.82) is 0 Å². The SMILES string of the molecule is C(=C1\OCCn2c1cc1ccccc12)/c1ccccc1. The van der Waals surface area contributed by atoms with Gasteiger partial charge in [-0.05, 0) is 23.8 Å². The van der Waals surface area contributed by atoms with E-state index in [1.54, 1.807) is 0 Å². The predicted molar refractivity (Wildman–Crippen MR) is 82.2 cm³/mol. The average molecular weight is 261 g/mol. The molecule has 2 nitrogen and oxygen atoms in total. The molecule has 3 aromatic rings. The minimum atomic E-state index is 0.727. The zero-order chi connectivity index (χ0) is 13.4. The standard InChI is InChI=1S/C18H15NO/c1-2-6-14(7-3-1)12-18-17-13-15-8-4-5-9-16(15)19(17)10-11-20-18/h1-9,12-13H,10-11H2/b18-12+. The number of fused-ring (bicyclic) bond motifs is 3. The Kier molecular flexibility index (Phi) is 2.59. The molecular weight excluding hydrogens is 246 g/mol. The highest BCUT2D eigenvalue weighted by molar-refractivity contribution is 5.88. The summed E-state index contributed by atoms with van der Waals surface area (Å²) in [6.07, 6.45) is 2.11. The summed E-state index contributed by atoms with van der Waals surface area (Å²) in [6.45, 7) is 1.64. The Morgan fingerprint density at radius 3 is 2.65 bits per heavy atom. The van der Waals surface area contributed by atoms with Crippen molar-refractivity contribution in [2.75, 3.05) is 6.61 Å². The second-order valence-electron chi connectivity index (χ2n) is 5.01. The molecule has 0 amide bonds.